The lowest BCUT2D eigenvalue weighted by Crippen LogP contribution is -2.41. The number of carboxylic acid groups (broad SMARTS) is 1. The van der Waals surface area contributed by atoms with Crippen molar-refractivity contribution in [2.24, 2.45) is 0 Å². The minimum absolute atomic E-state index is 0.121. The number of piperidine rings is 1. The van der Waals surface area contributed by atoms with Crippen LogP contribution in [0.5, 0.6) is 5.75 Å². The van der Waals surface area contributed by atoms with Crippen molar-refractivity contribution in [2.75, 3.05) is 13.1 Å². The summed E-state index contributed by atoms with van der Waals surface area (Å²) < 4.78 is 6.12. The molecule has 1 aromatic carbocycles. The van der Waals surface area contributed by atoms with E-state index in [0.29, 0.717) is 19.0 Å². The fraction of sp³-hybridized carbons (Fsp3) is 0.562. The van der Waals surface area contributed by atoms with Crippen molar-refractivity contribution in [2.45, 2.75) is 45.1 Å². The molecule has 1 fully saturated rings. The van der Waals surface area contributed by atoms with Crippen LogP contribution < -0.4 is 4.74 Å². The molecule has 1 amide bonds. The highest BCUT2D eigenvalue weighted by Crippen LogP contribution is 2.30. The summed E-state index contributed by atoms with van der Waals surface area (Å²) in [6.45, 7) is 5.50. The molecule has 1 unspecified atom stereocenters. The second-order valence-corrected chi connectivity index (χ2v) is 5.43. The SMILES string of the molecule is CCC(C)c1ccccc1OC1CCN(C(=O)O)CC1. The van der Waals surface area contributed by atoms with E-state index in [2.05, 4.69) is 19.9 Å². The molecule has 4 heteroatoms. The molecule has 1 aromatic rings. The zero-order chi connectivity index (χ0) is 14.5. The minimum Gasteiger partial charge on any atom is -0.490 e. The lowest BCUT2D eigenvalue weighted by Gasteiger charge is -2.31. The van der Waals surface area contributed by atoms with E-state index in [0.717, 1.165) is 25.0 Å². The molecule has 2 rings (SSSR count). The van der Waals surface area contributed by atoms with Gasteiger partial charge in [-0.3, -0.25) is 0 Å². The van der Waals surface area contributed by atoms with Gasteiger partial charge in [0.15, 0.2) is 0 Å². The van der Waals surface area contributed by atoms with E-state index in [9.17, 15) is 4.79 Å². The number of rotatable bonds is 4. The first-order chi connectivity index (χ1) is 9.61. The largest absolute Gasteiger partial charge is 0.490 e. The van der Waals surface area contributed by atoms with Crippen molar-refractivity contribution >= 4 is 6.09 Å². The maximum Gasteiger partial charge on any atom is 0.407 e. The van der Waals surface area contributed by atoms with Crippen molar-refractivity contribution in [3.05, 3.63) is 29.8 Å². The zero-order valence-electron chi connectivity index (χ0n) is 12.2. The Morgan fingerprint density at radius 2 is 2.05 bits per heavy atom. The Labute approximate surface area is 120 Å². The average Bonchev–Trinajstić information content (AvgIpc) is 2.47. The van der Waals surface area contributed by atoms with Crippen LogP contribution in [0.3, 0.4) is 0 Å². The number of amides is 1. The summed E-state index contributed by atoms with van der Waals surface area (Å²) in [5.41, 5.74) is 1.25. The van der Waals surface area contributed by atoms with E-state index in [1.807, 2.05) is 18.2 Å². The summed E-state index contributed by atoms with van der Waals surface area (Å²) in [6, 6.07) is 8.18. The van der Waals surface area contributed by atoms with Crippen LogP contribution >= 0.6 is 0 Å². The van der Waals surface area contributed by atoms with Crippen LogP contribution in [0, 0.1) is 0 Å². The molecule has 1 heterocycles. The Morgan fingerprint density at radius 1 is 1.40 bits per heavy atom. The monoisotopic (exact) mass is 277 g/mol. The Hall–Kier alpha value is -1.71. The molecule has 0 aliphatic carbocycles. The van der Waals surface area contributed by atoms with E-state index < -0.39 is 6.09 Å². The number of ether oxygens (including phenoxy) is 1. The second kappa shape index (κ2) is 6.64. The van der Waals surface area contributed by atoms with Crippen molar-refractivity contribution in [1.82, 2.24) is 4.90 Å². The third-order valence-electron chi connectivity index (χ3n) is 4.07. The lowest BCUT2D eigenvalue weighted by atomic mass is 9.97. The predicted octanol–water partition coefficient (Wildman–Crippen LogP) is 3.72. The molecule has 1 N–H and O–H groups in total. The average molecular weight is 277 g/mol. The molecule has 4 nitrogen and oxygen atoms in total. The summed E-state index contributed by atoms with van der Waals surface area (Å²) >= 11 is 0. The van der Waals surface area contributed by atoms with Crippen LogP contribution in [-0.2, 0) is 0 Å². The van der Waals surface area contributed by atoms with Crippen LogP contribution in [-0.4, -0.2) is 35.3 Å². The normalized spacial score (nSPS) is 17.8. The Bertz CT molecular complexity index is 453. The van der Waals surface area contributed by atoms with Gasteiger partial charge in [-0.2, -0.15) is 0 Å². The van der Waals surface area contributed by atoms with Gasteiger partial charge in [0.1, 0.15) is 11.9 Å². The highest BCUT2D eigenvalue weighted by Gasteiger charge is 2.24. The highest BCUT2D eigenvalue weighted by atomic mass is 16.5. The number of benzene rings is 1. The van der Waals surface area contributed by atoms with Gasteiger partial charge in [0.25, 0.3) is 0 Å². The summed E-state index contributed by atoms with van der Waals surface area (Å²) in [5, 5.41) is 8.95. The molecule has 0 saturated carbocycles. The highest BCUT2D eigenvalue weighted by molar-refractivity contribution is 5.65. The van der Waals surface area contributed by atoms with Crippen molar-refractivity contribution in [3.8, 4) is 5.75 Å². The topological polar surface area (TPSA) is 49.8 Å². The van der Waals surface area contributed by atoms with E-state index in [4.69, 9.17) is 9.84 Å². The van der Waals surface area contributed by atoms with Crippen LogP contribution in [0.1, 0.15) is 44.6 Å². The number of likely N-dealkylation sites (tertiary alicyclic amines) is 1. The molecule has 1 atom stereocenters. The number of carbonyl (C=O) groups is 1. The predicted molar refractivity (Wildman–Crippen MR) is 78.4 cm³/mol. The molecule has 0 radical (unpaired) electrons. The van der Waals surface area contributed by atoms with Gasteiger partial charge >= 0.3 is 6.09 Å². The minimum atomic E-state index is -0.830. The van der Waals surface area contributed by atoms with Gasteiger partial charge in [-0.25, -0.2) is 4.79 Å². The quantitative estimate of drug-likeness (QED) is 0.912. The summed E-state index contributed by atoms with van der Waals surface area (Å²) in [6.07, 6.45) is 1.90. The first kappa shape index (κ1) is 14.7. The van der Waals surface area contributed by atoms with Crippen LogP contribution in [0.25, 0.3) is 0 Å². The molecular weight excluding hydrogens is 254 g/mol. The van der Waals surface area contributed by atoms with Gasteiger partial charge in [0.2, 0.25) is 0 Å². The van der Waals surface area contributed by atoms with Gasteiger partial charge in [-0.1, -0.05) is 32.0 Å². The number of para-hydroxylation sites is 1. The molecule has 1 saturated heterocycles. The molecule has 0 bridgehead atoms. The third-order valence-corrected chi connectivity index (χ3v) is 4.07. The lowest BCUT2D eigenvalue weighted by molar-refractivity contribution is 0.0888. The van der Waals surface area contributed by atoms with E-state index in [1.54, 1.807) is 0 Å². The zero-order valence-corrected chi connectivity index (χ0v) is 12.2. The first-order valence-electron chi connectivity index (χ1n) is 7.35. The van der Waals surface area contributed by atoms with Gasteiger partial charge < -0.3 is 14.7 Å². The van der Waals surface area contributed by atoms with Crippen LogP contribution in [0.15, 0.2) is 24.3 Å². The van der Waals surface area contributed by atoms with Crippen molar-refractivity contribution < 1.29 is 14.6 Å². The molecular formula is C16H23NO3. The number of hydrogen-bond donors (Lipinski definition) is 1. The Morgan fingerprint density at radius 3 is 2.65 bits per heavy atom. The van der Waals surface area contributed by atoms with E-state index in [-0.39, 0.29) is 6.10 Å². The number of nitrogens with zero attached hydrogens (tertiary/aromatic N) is 1. The third kappa shape index (κ3) is 3.44. The molecule has 0 aromatic heterocycles. The Kier molecular flexibility index (Phi) is 4.88. The summed E-state index contributed by atoms with van der Waals surface area (Å²) in [4.78, 5) is 12.3. The maximum atomic E-state index is 10.9. The van der Waals surface area contributed by atoms with Gasteiger partial charge in [0, 0.05) is 25.9 Å². The molecule has 110 valence electrons. The smallest absolute Gasteiger partial charge is 0.407 e. The van der Waals surface area contributed by atoms with Gasteiger partial charge in [0.05, 0.1) is 0 Å². The van der Waals surface area contributed by atoms with Crippen LogP contribution in [0.4, 0.5) is 4.79 Å². The van der Waals surface area contributed by atoms with E-state index in [1.165, 1.54) is 10.5 Å². The summed E-state index contributed by atoms with van der Waals surface area (Å²) in [7, 11) is 0. The maximum absolute atomic E-state index is 10.9. The first-order valence-corrected chi connectivity index (χ1v) is 7.35. The standard InChI is InChI=1S/C16H23NO3/c1-3-12(2)14-6-4-5-7-15(14)20-13-8-10-17(11-9-13)16(18)19/h4-7,12-13H,3,8-11H2,1-2H3,(H,18,19). The fourth-order valence-electron chi connectivity index (χ4n) is 2.56. The van der Waals surface area contributed by atoms with E-state index >= 15 is 0 Å². The second-order valence-electron chi connectivity index (χ2n) is 5.43. The van der Waals surface area contributed by atoms with Crippen molar-refractivity contribution in [1.29, 1.82) is 0 Å². The fourth-order valence-corrected chi connectivity index (χ4v) is 2.56. The Balaban J connectivity index is 1.99. The molecule has 1 aliphatic rings. The summed E-state index contributed by atoms with van der Waals surface area (Å²) in [5.74, 6) is 1.43. The number of hydrogen-bond acceptors (Lipinski definition) is 2. The molecule has 0 spiro atoms. The van der Waals surface area contributed by atoms with Crippen molar-refractivity contribution in [3.63, 3.8) is 0 Å². The van der Waals surface area contributed by atoms with Gasteiger partial charge in [-0.05, 0) is 24.0 Å². The molecule has 20 heavy (non-hydrogen) atoms. The van der Waals surface area contributed by atoms with Gasteiger partial charge in [-0.15, -0.1) is 0 Å². The molecule has 1 aliphatic heterocycles. The van der Waals surface area contributed by atoms with Crippen LogP contribution in [0.2, 0.25) is 0 Å².